The summed E-state index contributed by atoms with van der Waals surface area (Å²) < 4.78 is 5.09. The Hall–Kier alpha value is -1.06. The van der Waals surface area contributed by atoms with Crippen LogP contribution >= 0.6 is 0 Å². The van der Waals surface area contributed by atoms with E-state index in [2.05, 4.69) is 19.2 Å². The summed E-state index contributed by atoms with van der Waals surface area (Å²) >= 11 is 0. The highest BCUT2D eigenvalue weighted by Gasteiger charge is 2.10. The maximum absolute atomic E-state index is 9.17. The minimum atomic E-state index is 0.155. The highest BCUT2D eigenvalue weighted by molar-refractivity contribution is 5.27. The van der Waals surface area contributed by atoms with Crippen LogP contribution in [0.15, 0.2) is 24.3 Å². The number of hydrogen-bond acceptors (Lipinski definition) is 3. The number of hydrogen-bond donors (Lipinski definition) is 2. The minimum absolute atomic E-state index is 0.155. The third-order valence-electron chi connectivity index (χ3n) is 2.73. The predicted octanol–water partition coefficient (Wildman–Crippen LogP) is 1.80. The standard InChI is InChI=1S/C13H21NO2/c1-10(2)13(9-15)14-8-11-4-6-12(16-3)7-5-11/h4-7,10,13-15H,8-9H2,1-3H3/t13-/m0/s1. The van der Waals surface area contributed by atoms with Crippen molar-refractivity contribution >= 4 is 0 Å². The molecule has 0 fully saturated rings. The SMILES string of the molecule is COc1ccc(CN[C@@H](CO)C(C)C)cc1. The van der Waals surface area contributed by atoms with E-state index >= 15 is 0 Å². The van der Waals surface area contributed by atoms with Gasteiger partial charge >= 0.3 is 0 Å². The number of aliphatic hydroxyl groups excluding tert-OH is 1. The van der Waals surface area contributed by atoms with Gasteiger partial charge in [-0.25, -0.2) is 0 Å². The average Bonchev–Trinajstić information content (AvgIpc) is 2.30. The molecule has 16 heavy (non-hydrogen) atoms. The van der Waals surface area contributed by atoms with Crippen LogP contribution in [0.5, 0.6) is 5.75 Å². The number of aliphatic hydroxyl groups is 1. The summed E-state index contributed by atoms with van der Waals surface area (Å²) in [7, 11) is 1.66. The summed E-state index contributed by atoms with van der Waals surface area (Å²) in [5, 5.41) is 12.5. The molecule has 1 rings (SSSR count). The van der Waals surface area contributed by atoms with Gasteiger partial charge < -0.3 is 15.2 Å². The molecule has 0 spiro atoms. The lowest BCUT2D eigenvalue weighted by atomic mass is 10.1. The van der Waals surface area contributed by atoms with Gasteiger partial charge in [-0.15, -0.1) is 0 Å². The Morgan fingerprint density at radius 1 is 1.25 bits per heavy atom. The Bertz CT molecular complexity index is 295. The zero-order valence-electron chi connectivity index (χ0n) is 10.2. The van der Waals surface area contributed by atoms with E-state index in [0.29, 0.717) is 5.92 Å². The van der Waals surface area contributed by atoms with Gasteiger partial charge in [0, 0.05) is 12.6 Å². The van der Waals surface area contributed by atoms with Crippen molar-refractivity contribution in [3.63, 3.8) is 0 Å². The topological polar surface area (TPSA) is 41.5 Å². The highest BCUT2D eigenvalue weighted by atomic mass is 16.5. The van der Waals surface area contributed by atoms with Crippen molar-refractivity contribution in [2.45, 2.75) is 26.4 Å². The maximum atomic E-state index is 9.17. The molecule has 0 saturated heterocycles. The number of nitrogens with one attached hydrogen (secondary N) is 1. The van der Waals surface area contributed by atoms with Gasteiger partial charge in [-0.3, -0.25) is 0 Å². The first kappa shape index (κ1) is 13.0. The fourth-order valence-electron chi connectivity index (χ4n) is 1.50. The summed E-state index contributed by atoms with van der Waals surface area (Å²) in [6.45, 7) is 5.14. The van der Waals surface area contributed by atoms with E-state index in [4.69, 9.17) is 4.74 Å². The summed E-state index contributed by atoms with van der Waals surface area (Å²) in [6.07, 6.45) is 0. The van der Waals surface area contributed by atoms with Crippen LogP contribution in [0.1, 0.15) is 19.4 Å². The molecule has 3 heteroatoms. The monoisotopic (exact) mass is 223 g/mol. The molecule has 0 bridgehead atoms. The molecular weight excluding hydrogens is 202 g/mol. The number of methoxy groups -OCH3 is 1. The van der Waals surface area contributed by atoms with Gasteiger partial charge in [-0.05, 0) is 23.6 Å². The lowest BCUT2D eigenvalue weighted by molar-refractivity contribution is 0.210. The van der Waals surface area contributed by atoms with Crippen LogP contribution < -0.4 is 10.1 Å². The molecule has 1 aromatic rings. The Morgan fingerprint density at radius 2 is 1.88 bits per heavy atom. The van der Waals surface area contributed by atoms with Gasteiger partial charge in [0.15, 0.2) is 0 Å². The Balaban J connectivity index is 2.47. The van der Waals surface area contributed by atoms with Crippen molar-refractivity contribution < 1.29 is 9.84 Å². The van der Waals surface area contributed by atoms with Gasteiger partial charge in [0.05, 0.1) is 13.7 Å². The molecule has 2 N–H and O–H groups in total. The van der Waals surface area contributed by atoms with Crippen LogP contribution in [0.3, 0.4) is 0 Å². The van der Waals surface area contributed by atoms with E-state index in [-0.39, 0.29) is 12.6 Å². The number of benzene rings is 1. The van der Waals surface area contributed by atoms with Crippen LogP contribution in [0.2, 0.25) is 0 Å². The van der Waals surface area contributed by atoms with Crippen molar-refractivity contribution in [2.24, 2.45) is 5.92 Å². The van der Waals surface area contributed by atoms with Crippen molar-refractivity contribution in [1.82, 2.24) is 5.32 Å². The Kier molecular flexibility index (Phi) is 5.29. The summed E-state index contributed by atoms with van der Waals surface area (Å²) in [5.41, 5.74) is 1.19. The number of ether oxygens (including phenoxy) is 1. The van der Waals surface area contributed by atoms with Crippen LogP contribution in [-0.2, 0) is 6.54 Å². The zero-order valence-corrected chi connectivity index (χ0v) is 10.2. The molecule has 0 saturated carbocycles. The van der Waals surface area contributed by atoms with E-state index < -0.39 is 0 Å². The quantitative estimate of drug-likeness (QED) is 0.772. The molecule has 1 atom stereocenters. The van der Waals surface area contributed by atoms with Crippen LogP contribution in [0.4, 0.5) is 0 Å². The van der Waals surface area contributed by atoms with E-state index in [1.54, 1.807) is 7.11 Å². The molecule has 0 amide bonds. The van der Waals surface area contributed by atoms with Gasteiger partial charge in [-0.2, -0.15) is 0 Å². The highest BCUT2D eigenvalue weighted by Crippen LogP contribution is 2.11. The normalized spacial score (nSPS) is 12.8. The molecular formula is C13H21NO2. The smallest absolute Gasteiger partial charge is 0.118 e. The molecule has 1 aromatic carbocycles. The Morgan fingerprint density at radius 3 is 2.31 bits per heavy atom. The molecule has 0 heterocycles. The van der Waals surface area contributed by atoms with Crippen LogP contribution in [0, 0.1) is 5.92 Å². The third kappa shape index (κ3) is 3.83. The van der Waals surface area contributed by atoms with Gasteiger partial charge in [-0.1, -0.05) is 26.0 Å². The zero-order chi connectivity index (χ0) is 12.0. The lowest BCUT2D eigenvalue weighted by Gasteiger charge is -2.19. The van der Waals surface area contributed by atoms with E-state index in [1.165, 1.54) is 5.56 Å². The lowest BCUT2D eigenvalue weighted by Crippen LogP contribution is -2.36. The fourth-order valence-corrected chi connectivity index (χ4v) is 1.50. The summed E-state index contributed by atoms with van der Waals surface area (Å²) in [6, 6.07) is 8.10. The molecule has 0 aromatic heterocycles. The first-order valence-corrected chi connectivity index (χ1v) is 5.64. The summed E-state index contributed by atoms with van der Waals surface area (Å²) in [5.74, 6) is 1.30. The molecule has 0 radical (unpaired) electrons. The minimum Gasteiger partial charge on any atom is -0.497 e. The van der Waals surface area contributed by atoms with Crippen molar-refractivity contribution in [1.29, 1.82) is 0 Å². The van der Waals surface area contributed by atoms with Gasteiger partial charge in [0.25, 0.3) is 0 Å². The van der Waals surface area contributed by atoms with Crippen molar-refractivity contribution in [3.8, 4) is 5.75 Å². The average molecular weight is 223 g/mol. The number of rotatable bonds is 6. The largest absolute Gasteiger partial charge is 0.497 e. The molecule has 0 aliphatic heterocycles. The summed E-state index contributed by atoms with van der Waals surface area (Å²) in [4.78, 5) is 0. The molecule has 0 aliphatic rings. The predicted molar refractivity (Wildman–Crippen MR) is 65.5 cm³/mol. The second-order valence-corrected chi connectivity index (χ2v) is 4.26. The van der Waals surface area contributed by atoms with Crippen molar-refractivity contribution in [3.05, 3.63) is 29.8 Å². The fraction of sp³-hybridized carbons (Fsp3) is 0.538. The third-order valence-corrected chi connectivity index (χ3v) is 2.73. The van der Waals surface area contributed by atoms with Gasteiger partial charge in [0.2, 0.25) is 0 Å². The van der Waals surface area contributed by atoms with E-state index in [0.717, 1.165) is 12.3 Å². The van der Waals surface area contributed by atoms with Crippen LogP contribution in [0.25, 0.3) is 0 Å². The maximum Gasteiger partial charge on any atom is 0.118 e. The first-order chi connectivity index (χ1) is 7.67. The van der Waals surface area contributed by atoms with Crippen LogP contribution in [-0.4, -0.2) is 24.9 Å². The molecule has 3 nitrogen and oxygen atoms in total. The first-order valence-electron chi connectivity index (χ1n) is 5.64. The molecule has 0 unspecified atom stereocenters. The molecule has 90 valence electrons. The Labute approximate surface area is 97.4 Å². The molecule has 0 aliphatic carbocycles. The van der Waals surface area contributed by atoms with Gasteiger partial charge in [0.1, 0.15) is 5.75 Å². The second kappa shape index (κ2) is 6.51. The second-order valence-electron chi connectivity index (χ2n) is 4.26. The van der Waals surface area contributed by atoms with E-state index in [1.807, 2.05) is 24.3 Å². The van der Waals surface area contributed by atoms with Crippen molar-refractivity contribution in [2.75, 3.05) is 13.7 Å². The van der Waals surface area contributed by atoms with E-state index in [9.17, 15) is 5.11 Å².